The predicted octanol–water partition coefficient (Wildman–Crippen LogP) is 0.996. The molecule has 0 aromatic carbocycles. The molecule has 2 rings (SSSR count). The second kappa shape index (κ2) is 14.3. The second-order valence-electron chi connectivity index (χ2n) is 9.52. The zero-order chi connectivity index (χ0) is 26.7. The van der Waals surface area contributed by atoms with Crippen LogP contribution in [0.25, 0.3) is 0 Å². The van der Waals surface area contributed by atoms with Gasteiger partial charge in [-0.3, -0.25) is 24.2 Å². The van der Waals surface area contributed by atoms with E-state index in [9.17, 15) is 24.0 Å². The van der Waals surface area contributed by atoms with Crippen molar-refractivity contribution in [2.75, 3.05) is 19.7 Å². The Morgan fingerprint density at radius 2 is 1.92 bits per heavy atom. The van der Waals surface area contributed by atoms with E-state index in [1.165, 1.54) is 17.3 Å². The van der Waals surface area contributed by atoms with Gasteiger partial charge in [0.05, 0.1) is 6.04 Å². The van der Waals surface area contributed by atoms with Gasteiger partial charge in [-0.05, 0) is 36.8 Å². The number of nitrogens with zero attached hydrogens (tertiary/aromatic N) is 2. The van der Waals surface area contributed by atoms with E-state index in [4.69, 9.17) is 4.74 Å². The molecule has 198 valence electrons. The maximum Gasteiger partial charge on any atom is 0.357 e. The first kappa shape index (κ1) is 28.9. The lowest BCUT2D eigenvalue weighted by atomic mass is 9.98. The quantitative estimate of drug-likeness (QED) is 0.358. The van der Waals surface area contributed by atoms with Gasteiger partial charge in [0.2, 0.25) is 17.7 Å². The van der Waals surface area contributed by atoms with Gasteiger partial charge in [0.1, 0.15) is 11.7 Å². The minimum atomic E-state index is -0.900. The highest BCUT2D eigenvalue weighted by Gasteiger charge is 2.35. The van der Waals surface area contributed by atoms with Crippen molar-refractivity contribution in [3.63, 3.8) is 0 Å². The molecule has 0 aliphatic carbocycles. The van der Waals surface area contributed by atoms with E-state index >= 15 is 0 Å². The average Bonchev–Trinajstić information content (AvgIpc) is 2.85. The Morgan fingerprint density at radius 3 is 2.56 bits per heavy atom. The molecular formula is C25H37N5O6. The molecule has 11 heteroatoms. The summed E-state index contributed by atoms with van der Waals surface area (Å²) in [5.41, 5.74) is 3.04. The molecule has 1 fully saturated rings. The molecule has 11 nitrogen and oxygen atoms in total. The normalized spacial score (nSPS) is 16.4. The smallest absolute Gasteiger partial charge is 0.357 e. The van der Waals surface area contributed by atoms with Gasteiger partial charge in [0, 0.05) is 32.1 Å². The fourth-order valence-corrected chi connectivity index (χ4v) is 3.77. The van der Waals surface area contributed by atoms with Gasteiger partial charge in [-0.1, -0.05) is 33.8 Å². The lowest BCUT2D eigenvalue weighted by Gasteiger charge is -2.36. The van der Waals surface area contributed by atoms with E-state index in [0.29, 0.717) is 25.8 Å². The number of ether oxygens (including phenoxy) is 1. The van der Waals surface area contributed by atoms with Crippen molar-refractivity contribution in [1.29, 1.82) is 0 Å². The number of nitrogens with one attached hydrogen (secondary N) is 3. The molecule has 2 heterocycles. The van der Waals surface area contributed by atoms with Gasteiger partial charge < -0.3 is 15.4 Å². The maximum absolute atomic E-state index is 13.1. The van der Waals surface area contributed by atoms with E-state index in [1.54, 1.807) is 26.0 Å². The Kier molecular flexibility index (Phi) is 11.5. The van der Waals surface area contributed by atoms with E-state index in [2.05, 4.69) is 21.0 Å². The third-order valence-corrected chi connectivity index (χ3v) is 5.61. The first-order valence-corrected chi connectivity index (χ1v) is 12.3. The third-order valence-electron chi connectivity index (χ3n) is 5.61. The summed E-state index contributed by atoms with van der Waals surface area (Å²) in [6, 6.07) is 3.06. The van der Waals surface area contributed by atoms with E-state index < -0.39 is 36.4 Å². The summed E-state index contributed by atoms with van der Waals surface area (Å²) in [6.07, 6.45) is 2.97. The summed E-state index contributed by atoms with van der Waals surface area (Å²) >= 11 is 0. The van der Waals surface area contributed by atoms with Crippen molar-refractivity contribution in [2.45, 2.75) is 65.5 Å². The number of Topliss-reactive ketones (excluding diaryl/α,β-unsaturated/α-hetero) is 1. The monoisotopic (exact) mass is 503 g/mol. The number of amides is 3. The molecular weight excluding hydrogens is 466 g/mol. The van der Waals surface area contributed by atoms with Crippen LogP contribution >= 0.6 is 0 Å². The summed E-state index contributed by atoms with van der Waals surface area (Å²) < 4.78 is 5.08. The Hall–Kier alpha value is -3.34. The Bertz CT molecular complexity index is 921. The Labute approximate surface area is 211 Å². The molecule has 3 N–H and O–H groups in total. The first-order valence-electron chi connectivity index (χ1n) is 12.3. The molecule has 1 aromatic heterocycles. The third kappa shape index (κ3) is 9.03. The zero-order valence-electron chi connectivity index (χ0n) is 21.4. The lowest BCUT2D eigenvalue weighted by Crippen LogP contribution is -2.61. The average molecular weight is 504 g/mol. The molecule has 0 spiro atoms. The fourth-order valence-electron chi connectivity index (χ4n) is 3.77. The van der Waals surface area contributed by atoms with Crippen LogP contribution < -0.4 is 16.1 Å². The lowest BCUT2D eigenvalue weighted by molar-refractivity contribution is -0.147. The molecule has 1 saturated heterocycles. The first-order chi connectivity index (χ1) is 17.1. The van der Waals surface area contributed by atoms with Crippen LogP contribution in [0.2, 0.25) is 0 Å². The number of ketones is 1. The van der Waals surface area contributed by atoms with Gasteiger partial charge in [-0.15, -0.1) is 0 Å². The maximum atomic E-state index is 13.1. The van der Waals surface area contributed by atoms with E-state index in [-0.39, 0.29) is 42.3 Å². The van der Waals surface area contributed by atoms with Crippen LogP contribution in [0.5, 0.6) is 0 Å². The molecule has 1 aliphatic rings. The van der Waals surface area contributed by atoms with Crippen LogP contribution in [0.3, 0.4) is 0 Å². The SMILES string of the molecule is CC(C)CC(=O)NCCC(=O)N1NCCC[C@H]1C(=O)N[C@H](C(=O)COC(=O)c1ccccn1)C(C)C. The van der Waals surface area contributed by atoms with Crippen molar-refractivity contribution in [2.24, 2.45) is 11.8 Å². The van der Waals surface area contributed by atoms with Gasteiger partial charge >= 0.3 is 5.97 Å². The van der Waals surface area contributed by atoms with Crippen LogP contribution in [0.1, 0.15) is 63.9 Å². The molecule has 1 aliphatic heterocycles. The topological polar surface area (TPSA) is 147 Å². The van der Waals surface area contributed by atoms with Crippen LogP contribution in [-0.2, 0) is 23.9 Å². The highest BCUT2D eigenvalue weighted by Crippen LogP contribution is 2.14. The van der Waals surface area contributed by atoms with Crippen molar-refractivity contribution in [1.82, 2.24) is 26.1 Å². The summed E-state index contributed by atoms with van der Waals surface area (Å²) in [5.74, 6) is -2.16. The number of pyridine rings is 1. The van der Waals surface area contributed by atoms with Gasteiger partial charge in [-0.25, -0.2) is 15.2 Å². The van der Waals surface area contributed by atoms with Crippen LogP contribution in [-0.4, -0.2) is 71.2 Å². The van der Waals surface area contributed by atoms with Crippen molar-refractivity contribution in [3.8, 4) is 0 Å². The van der Waals surface area contributed by atoms with Gasteiger partial charge in [-0.2, -0.15) is 0 Å². The fraction of sp³-hybridized carbons (Fsp3) is 0.600. The summed E-state index contributed by atoms with van der Waals surface area (Å²) in [7, 11) is 0. The molecule has 36 heavy (non-hydrogen) atoms. The number of aromatic nitrogens is 1. The summed E-state index contributed by atoms with van der Waals surface area (Å²) in [4.78, 5) is 66.5. The Morgan fingerprint density at radius 1 is 1.17 bits per heavy atom. The standard InChI is InChI=1S/C25H37N5O6/c1-16(2)14-21(32)27-13-10-22(33)30-19(9-7-12-28-30)24(34)29-23(17(3)4)20(31)15-36-25(35)18-8-5-6-11-26-18/h5-6,8,11,16-17,19,23,28H,7,9-10,12-15H2,1-4H3,(H,27,32)(H,29,34)/t19-,23-/m0/s1. The van der Waals surface area contributed by atoms with Crippen molar-refractivity contribution < 1.29 is 28.7 Å². The number of esters is 1. The number of hydrogen-bond acceptors (Lipinski definition) is 8. The Balaban J connectivity index is 1.94. The summed E-state index contributed by atoms with van der Waals surface area (Å²) in [6.45, 7) is 7.60. The van der Waals surface area contributed by atoms with Crippen LogP contribution in [0.4, 0.5) is 0 Å². The minimum Gasteiger partial charge on any atom is -0.453 e. The molecule has 0 radical (unpaired) electrons. The molecule has 3 amide bonds. The van der Waals surface area contributed by atoms with Gasteiger partial charge in [0.25, 0.3) is 0 Å². The highest BCUT2D eigenvalue weighted by atomic mass is 16.5. The highest BCUT2D eigenvalue weighted by molar-refractivity contribution is 5.95. The predicted molar refractivity (Wildman–Crippen MR) is 131 cm³/mol. The molecule has 0 unspecified atom stereocenters. The van der Waals surface area contributed by atoms with Crippen molar-refractivity contribution in [3.05, 3.63) is 30.1 Å². The van der Waals surface area contributed by atoms with E-state index in [0.717, 1.165) is 0 Å². The minimum absolute atomic E-state index is 0.0383. The molecule has 0 bridgehead atoms. The number of hydrazine groups is 1. The zero-order valence-corrected chi connectivity index (χ0v) is 21.4. The van der Waals surface area contributed by atoms with Crippen molar-refractivity contribution >= 4 is 29.5 Å². The van der Waals surface area contributed by atoms with E-state index in [1.807, 2.05) is 13.8 Å². The number of carbonyl (C=O) groups excluding carboxylic acids is 5. The van der Waals surface area contributed by atoms with Crippen LogP contribution in [0.15, 0.2) is 24.4 Å². The molecule has 0 saturated carbocycles. The number of hydrogen-bond donors (Lipinski definition) is 3. The largest absolute Gasteiger partial charge is 0.453 e. The number of carbonyl (C=O) groups is 5. The molecule has 1 aromatic rings. The van der Waals surface area contributed by atoms with Crippen LogP contribution in [0, 0.1) is 11.8 Å². The second-order valence-corrected chi connectivity index (χ2v) is 9.52. The summed E-state index contributed by atoms with van der Waals surface area (Å²) in [5, 5.41) is 6.74. The molecule has 2 atom stereocenters. The van der Waals surface area contributed by atoms with Gasteiger partial charge in [0.15, 0.2) is 12.4 Å². The number of rotatable bonds is 12.